The van der Waals surface area contributed by atoms with Gasteiger partial charge in [0, 0.05) is 13.2 Å². The summed E-state index contributed by atoms with van der Waals surface area (Å²) in [6.45, 7) is 1.75. The molecule has 1 heterocycles. The van der Waals surface area contributed by atoms with Crippen molar-refractivity contribution < 1.29 is 9.90 Å². The molecular formula is C7H9N3O2. The minimum Gasteiger partial charge on any atom is -0.476 e. The first kappa shape index (κ1) is 8.45. The lowest BCUT2D eigenvalue weighted by Crippen LogP contribution is -2.09. The zero-order valence-corrected chi connectivity index (χ0v) is 6.85. The average molecular weight is 167 g/mol. The third-order valence-corrected chi connectivity index (χ3v) is 1.46. The fourth-order valence-electron chi connectivity index (χ4n) is 0.721. The summed E-state index contributed by atoms with van der Waals surface area (Å²) in [5, 5.41) is 12.3. The molecule has 0 atom stereocenters. The van der Waals surface area contributed by atoms with Crippen LogP contribution in [0.1, 0.15) is 17.4 Å². The predicted octanol–water partition coefficient (Wildman–Crippen LogP) is 0.478. The van der Waals surface area contributed by atoms with Crippen molar-refractivity contribution in [3.8, 4) is 0 Å². The molecule has 0 saturated carbocycles. The van der Waals surface area contributed by atoms with Crippen molar-refractivity contribution in [2.45, 2.75) is 6.92 Å². The predicted molar refractivity (Wildman–Crippen MR) is 43.6 cm³/mol. The van der Waals surface area contributed by atoms with Crippen LogP contribution in [0.5, 0.6) is 0 Å². The highest BCUT2D eigenvalue weighted by Gasteiger charge is 2.06. The molecule has 0 amide bonds. The number of hydrogen-bond donors (Lipinski definition) is 1. The van der Waals surface area contributed by atoms with Crippen molar-refractivity contribution in [3.63, 3.8) is 0 Å². The zero-order valence-electron chi connectivity index (χ0n) is 6.85. The smallest absolute Gasteiger partial charge is 0.356 e. The number of nitrogens with zero attached hydrogens (tertiary/aromatic N) is 3. The lowest BCUT2D eigenvalue weighted by atomic mass is 10.5. The van der Waals surface area contributed by atoms with E-state index in [1.807, 2.05) is 0 Å². The number of aromatic carboxylic acids is 1. The van der Waals surface area contributed by atoms with Crippen molar-refractivity contribution >= 4 is 11.8 Å². The molecule has 0 aromatic carbocycles. The number of carboxylic acids is 1. The van der Waals surface area contributed by atoms with E-state index in [-0.39, 0.29) is 5.69 Å². The first-order chi connectivity index (χ1) is 5.65. The van der Waals surface area contributed by atoms with E-state index in [2.05, 4.69) is 10.1 Å². The lowest BCUT2D eigenvalue weighted by Gasteiger charge is -1.95. The minimum absolute atomic E-state index is 0.0259. The molecule has 5 nitrogen and oxygen atoms in total. The molecule has 1 rings (SSSR count). The summed E-state index contributed by atoms with van der Waals surface area (Å²) in [6.07, 6.45) is 1.56. The highest BCUT2D eigenvalue weighted by molar-refractivity contribution is 5.87. The molecule has 64 valence electrons. The molecular weight excluding hydrogens is 158 g/mol. The summed E-state index contributed by atoms with van der Waals surface area (Å²) in [4.78, 5) is 14.3. The Bertz CT molecular complexity index is 327. The van der Waals surface area contributed by atoms with E-state index in [1.165, 1.54) is 10.7 Å². The first-order valence-electron chi connectivity index (χ1n) is 3.38. The third kappa shape index (κ3) is 1.50. The number of carbonyl (C=O) groups is 1. The molecule has 1 aromatic heterocycles. The highest BCUT2D eigenvalue weighted by Crippen LogP contribution is 1.95. The normalized spacial score (nSPS) is 11.7. The van der Waals surface area contributed by atoms with Gasteiger partial charge in [0.2, 0.25) is 0 Å². The number of aromatic nitrogens is 2. The van der Waals surface area contributed by atoms with Crippen molar-refractivity contribution in [1.82, 2.24) is 9.78 Å². The molecule has 0 aliphatic rings. The average Bonchev–Trinajstić information content (AvgIpc) is 2.51. The Morgan fingerprint density at radius 2 is 2.42 bits per heavy atom. The molecule has 0 bridgehead atoms. The van der Waals surface area contributed by atoms with E-state index in [9.17, 15) is 4.79 Å². The minimum atomic E-state index is -1.03. The lowest BCUT2D eigenvalue weighted by molar-refractivity contribution is 0.0690. The maximum Gasteiger partial charge on any atom is 0.356 e. The monoisotopic (exact) mass is 167 g/mol. The van der Waals surface area contributed by atoms with E-state index in [1.54, 1.807) is 20.2 Å². The van der Waals surface area contributed by atoms with Crippen LogP contribution in [-0.4, -0.2) is 33.7 Å². The van der Waals surface area contributed by atoms with Crippen LogP contribution in [-0.2, 0) is 0 Å². The standard InChI is InChI=1S/C7H9N3O2/c1-5(8-2)10-4-3-6(9-10)7(11)12/h3-4H,1-2H3,(H,11,12). The Hall–Kier alpha value is -1.65. The highest BCUT2D eigenvalue weighted by atomic mass is 16.4. The molecule has 5 heteroatoms. The molecule has 0 unspecified atom stereocenters. The summed E-state index contributed by atoms with van der Waals surface area (Å²) in [6, 6.07) is 1.43. The van der Waals surface area contributed by atoms with Gasteiger partial charge in [-0.3, -0.25) is 4.99 Å². The van der Waals surface area contributed by atoms with Crippen LogP contribution in [0.4, 0.5) is 0 Å². The van der Waals surface area contributed by atoms with Gasteiger partial charge in [-0.05, 0) is 13.0 Å². The Labute approximate surface area is 69.3 Å². The quantitative estimate of drug-likeness (QED) is 0.488. The molecule has 12 heavy (non-hydrogen) atoms. The van der Waals surface area contributed by atoms with Gasteiger partial charge in [-0.2, -0.15) is 5.10 Å². The van der Waals surface area contributed by atoms with Crippen LogP contribution in [0.2, 0.25) is 0 Å². The van der Waals surface area contributed by atoms with Crippen LogP contribution >= 0.6 is 0 Å². The summed E-state index contributed by atoms with van der Waals surface area (Å²) < 4.78 is 1.42. The first-order valence-corrected chi connectivity index (χ1v) is 3.38. The molecule has 0 saturated heterocycles. The number of hydrogen-bond acceptors (Lipinski definition) is 3. The van der Waals surface area contributed by atoms with E-state index >= 15 is 0 Å². The molecule has 1 N–H and O–H groups in total. The Morgan fingerprint density at radius 3 is 2.83 bits per heavy atom. The summed E-state index contributed by atoms with van der Waals surface area (Å²) in [7, 11) is 1.62. The van der Waals surface area contributed by atoms with Gasteiger partial charge in [-0.1, -0.05) is 0 Å². The maximum atomic E-state index is 10.4. The second-order valence-corrected chi connectivity index (χ2v) is 2.22. The summed E-state index contributed by atoms with van der Waals surface area (Å²) in [5.41, 5.74) is 0.0259. The van der Waals surface area contributed by atoms with Gasteiger partial charge in [-0.25, -0.2) is 9.48 Å². The van der Waals surface area contributed by atoms with Crippen LogP contribution in [0.3, 0.4) is 0 Å². The van der Waals surface area contributed by atoms with Crippen LogP contribution in [0.25, 0.3) is 0 Å². The molecule has 0 aliphatic heterocycles. The van der Waals surface area contributed by atoms with E-state index in [0.717, 1.165) is 0 Å². The molecule has 0 aliphatic carbocycles. The number of aliphatic imine (C=N–C) groups is 1. The van der Waals surface area contributed by atoms with Gasteiger partial charge in [0.05, 0.1) is 0 Å². The Balaban J connectivity index is 2.99. The van der Waals surface area contributed by atoms with Gasteiger partial charge in [0.25, 0.3) is 0 Å². The second kappa shape index (κ2) is 3.17. The van der Waals surface area contributed by atoms with Gasteiger partial charge in [-0.15, -0.1) is 0 Å². The molecule has 0 radical (unpaired) electrons. The second-order valence-electron chi connectivity index (χ2n) is 2.22. The zero-order chi connectivity index (χ0) is 9.14. The van der Waals surface area contributed by atoms with Crippen LogP contribution in [0.15, 0.2) is 17.3 Å². The maximum absolute atomic E-state index is 10.4. The van der Waals surface area contributed by atoms with Crippen LogP contribution in [0, 0.1) is 0 Å². The van der Waals surface area contributed by atoms with Crippen molar-refractivity contribution in [3.05, 3.63) is 18.0 Å². The van der Waals surface area contributed by atoms with Crippen molar-refractivity contribution in [2.75, 3.05) is 7.05 Å². The number of rotatable bonds is 1. The largest absolute Gasteiger partial charge is 0.476 e. The summed E-state index contributed by atoms with van der Waals surface area (Å²) >= 11 is 0. The Morgan fingerprint density at radius 1 is 1.75 bits per heavy atom. The molecule has 0 spiro atoms. The Kier molecular flexibility index (Phi) is 2.23. The van der Waals surface area contributed by atoms with E-state index in [0.29, 0.717) is 5.84 Å². The van der Waals surface area contributed by atoms with Gasteiger partial charge >= 0.3 is 5.97 Å². The van der Waals surface area contributed by atoms with Crippen molar-refractivity contribution in [2.24, 2.45) is 4.99 Å². The molecule has 1 aromatic rings. The van der Waals surface area contributed by atoms with Gasteiger partial charge in [0.15, 0.2) is 5.69 Å². The fourth-order valence-corrected chi connectivity index (χ4v) is 0.721. The van der Waals surface area contributed by atoms with Gasteiger partial charge in [0.1, 0.15) is 5.84 Å². The fraction of sp³-hybridized carbons (Fsp3) is 0.286. The van der Waals surface area contributed by atoms with Gasteiger partial charge < -0.3 is 5.11 Å². The van der Waals surface area contributed by atoms with Crippen LogP contribution < -0.4 is 0 Å². The number of carboxylic acid groups (broad SMARTS) is 1. The van der Waals surface area contributed by atoms with Crippen molar-refractivity contribution in [1.29, 1.82) is 0 Å². The summed E-state index contributed by atoms with van der Waals surface area (Å²) in [5.74, 6) is -0.375. The van der Waals surface area contributed by atoms with E-state index < -0.39 is 5.97 Å². The molecule has 0 fully saturated rings. The SMILES string of the molecule is CN=C(C)n1ccc(C(=O)O)n1. The topological polar surface area (TPSA) is 67.5 Å². The third-order valence-electron chi connectivity index (χ3n) is 1.46. The van der Waals surface area contributed by atoms with E-state index in [4.69, 9.17) is 5.11 Å².